The summed E-state index contributed by atoms with van der Waals surface area (Å²) in [6.45, 7) is 0.617. The van der Waals surface area contributed by atoms with E-state index in [4.69, 9.17) is 21.1 Å². The third kappa shape index (κ3) is 5.63. The van der Waals surface area contributed by atoms with Crippen molar-refractivity contribution in [3.63, 3.8) is 0 Å². The van der Waals surface area contributed by atoms with E-state index >= 15 is 0 Å². The molecule has 34 heavy (non-hydrogen) atoms. The van der Waals surface area contributed by atoms with Gasteiger partial charge in [-0.25, -0.2) is 0 Å². The van der Waals surface area contributed by atoms with Gasteiger partial charge in [-0.05, 0) is 48.0 Å². The Kier molecular flexibility index (Phi) is 7.25. The number of amides is 1. The Morgan fingerprint density at radius 2 is 1.71 bits per heavy atom. The molecule has 1 heterocycles. The first-order chi connectivity index (χ1) is 16.5. The van der Waals surface area contributed by atoms with Gasteiger partial charge in [0.1, 0.15) is 12.4 Å². The molecule has 3 aromatic carbocycles. The van der Waals surface area contributed by atoms with E-state index in [1.165, 1.54) is 16.8 Å². The molecule has 172 valence electrons. The topological polar surface area (TPSA) is 82.4 Å². The summed E-state index contributed by atoms with van der Waals surface area (Å²) in [6, 6.07) is 24.3. The number of nitrogens with one attached hydrogen (secondary N) is 1. The van der Waals surface area contributed by atoms with Gasteiger partial charge in [-0.3, -0.25) is 9.59 Å². The van der Waals surface area contributed by atoms with Crippen molar-refractivity contribution in [1.82, 2.24) is 15.1 Å². The number of methoxy groups -OCH3 is 1. The average Bonchev–Trinajstić information content (AvgIpc) is 2.88. The van der Waals surface area contributed by atoms with Gasteiger partial charge in [-0.1, -0.05) is 41.9 Å². The van der Waals surface area contributed by atoms with Crippen LogP contribution in [0, 0.1) is 0 Å². The molecular weight excluding hydrogens is 454 g/mol. The summed E-state index contributed by atoms with van der Waals surface area (Å²) in [6.07, 6.45) is 0. The average molecular weight is 476 g/mol. The number of nitrogens with zero attached hydrogens (tertiary/aromatic N) is 2. The predicted molar refractivity (Wildman–Crippen MR) is 130 cm³/mol. The van der Waals surface area contributed by atoms with Crippen molar-refractivity contribution in [3.05, 3.63) is 117 Å². The highest BCUT2D eigenvalue weighted by atomic mass is 35.5. The number of carbonyl (C=O) groups is 1. The maximum atomic E-state index is 12.6. The van der Waals surface area contributed by atoms with Crippen LogP contribution in [0.1, 0.15) is 21.5 Å². The number of aromatic nitrogens is 2. The number of rotatable bonds is 8. The summed E-state index contributed by atoms with van der Waals surface area (Å²) in [5.41, 5.74) is 2.46. The number of hydrogen-bond acceptors (Lipinski definition) is 5. The minimum absolute atomic E-state index is 0.238. The molecular formula is C26H22ClN3O4. The molecule has 0 fully saturated rings. The predicted octanol–water partition coefficient (Wildman–Crippen LogP) is 4.40. The van der Waals surface area contributed by atoms with Gasteiger partial charge in [-0.15, -0.1) is 5.10 Å². The first-order valence-corrected chi connectivity index (χ1v) is 10.9. The van der Waals surface area contributed by atoms with E-state index in [0.29, 0.717) is 34.4 Å². The molecule has 0 saturated carbocycles. The number of carbonyl (C=O) groups excluding carboxylic acids is 1. The Morgan fingerprint density at radius 3 is 2.44 bits per heavy atom. The van der Waals surface area contributed by atoms with E-state index < -0.39 is 0 Å². The number of ether oxygens (including phenoxy) is 2. The molecule has 1 N–H and O–H groups in total. The van der Waals surface area contributed by atoms with Crippen LogP contribution in [0.4, 0.5) is 0 Å². The van der Waals surface area contributed by atoms with Crippen LogP contribution < -0.4 is 20.3 Å². The quantitative estimate of drug-likeness (QED) is 0.408. The lowest BCUT2D eigenvalue weighted by molar-refractivity contribution is 0.0950. The standard InChI is InChI=1S/C26H22ClN3O4/c1-33-23-5-3-2-4-20(23)16-28-26(32)19-8-12-22(13-9-19)30-25(31)15-14-24(29-30)34-17-18-6-10-21(27)11-7-18/h2-15H,16-17H2,1H3,(H,28,32). The van der Waals surface area contributed by atoms with Crippen molar-refractivity contribution in [2.24, 2.45) is 0 Å². The van der Waals surface area contributed by atoms with Crippen LogP contribution in [-0.2, 0) is 13.2 Å². The second-order valence-electron chi connectivity index (χ2n) is 7.38. The molecule has 0 bridgehead atoms. The first kappa shape index (κ1) is 23.1. The van der Waals surface area contributed by atoms with Crippen LogP contribution in [0.5, 0.6) is 11.6 Å². The van der Waals surface area contributed by atoms with Gasteiger partial charge in [0.2, 0.25) is 5.88 Å². The maximum Gasteiger partial charge on any atom is 0.271 e. The molecule has 4 rings (SSSR count). The van der Waals surface area contributed by atoms with Gasteiger partial charge in [0, 0.05) is 34.8 Å². The van der Waals surface area contributed by atoms with E-state index in [0.717, 1.165) is 11.1 Å². The Morgan fingerprint density at radius 1 is 0.971 bits per heavy atom. The van der Waals surface area contributed by atoms with Crippen molar-refractivity contribution in [1.29, 1.82) is 0 Å². The van der Waals surface area contributed by atoms with Crippen molar-refractivity contribution < 1.29 is 14.3 Å². The summed E-state index contributed by atoms with van der Waals surface area (Å²) in [5.74, 6) is 0.771. The van der Waals surface area contributed by atoms with Crippen molar-refractivity contribution >= 4 is 17.5 Å². The number of hydrogen-bond donors (Lipinski definition) is 1. The van der Waals surface area contributed by atoms with E-state index in [9.17, 15) is 9.59 Å². The van der Waals surface area contributed by atoms with Gasteiger partial charge in [0.15, 0.2) is 0 Å². The molecule has 0 aliphatic carbocycles. The highest BCUT2D eigenvalue weighted by molar-refractivity contribution is 6.30. The zero-order chi connectivity index (χ0) is 23.9. The summed E-state index contributed by atoms with van der Waals surface area (Å²) in [5, 5.41) is 7.81. The molecule has 0 aliphatic heterocycles. The normalized spacial score (nSPS) is 10.5. The van der Waals surface area contributed by atoms with Crippen molar-refractivity contribution in [2.75, 3.05) is 7.11 Å². The summed E-state index contributed by atoms with van der Waals surface area (Å²) < 4.78 is 12.3. The monoisotopic (exact) mass is 475 g/mol. The molecule has 0 saturated heterocycles. The lowest BCUT2D eigenvalue weighted by Crippen LogP contribution is -2.23. The number of halogens is 1. The fraction of sp³-hybridized carbons (Fsp3) is 0.115. The van der Waals surface area contributed by atoms with Crippen LogP contribution in [-0.4, -0.2) is 22.8 Å². The molecule has 0 aliphatic rings. The fourth-order valence-electron chi connectivity index (χ4n) is 3.27. The largest absolute Gasteiger partial charge is 0.496 e. The smallest absolute Gasteiger partial charge is 0.271 e. The molecule has 0 atom stereocenters. The summed E-state index contributed by atoms with van der Waals surface area (Å²) in [7, 11) is 1.59. The van der Waals surface area contributed by atoms with E-state index in [-0.39, 0.29) is 18.1 Å². The van der Waals surface area contributed by atoms with Crippen molar-refractivity contribution in [2.45, 2.75) is 13.2 Å². The third-order valence-electron chi connectivity index (χ3n) is 5.08. The highest BCUT2D eigenvalue weighted by Crippen LogP contribution is 2.17. The van der Waals surface area contributed by atoms with Gasteiger partial charge in [0.25, 0.3) is 11.5 Å². The maximum absolute atomic E-state index is 12.6. The molecule has 7 nitrogen and oxygen atoms in total. The molecule has 0 radical (unpaired) electrons. The lowest BCUT2D eigenvalue weighted by atomic mass is 10.1. The van der Waals surface area contributed by atoms with Gasteiger partial charge < -0.3 is 14.8 Å². The van der Waals surface area contributed by atoms with Crippen LogP contribution in [0.25, 0.3) is 5.69 Å². The van der Waals surface area contributed by atoms with Crippen LogP contribution in [0.3, 0.4) is 0 Å². The van der Waals surface area contributed by atoms with E-state index in [1.54, 1.807) is 43.5 Å². The Hall–Kier alpha value is -4.10. The number of para-hydroxylation sites is 1. The van der Waals surface area contributed by atoms with Crippen LogP contribution in [0.2, 0.25) is 5.02 Å². The Bertz CT molecular complexity index is 1340. The molecule has 8 heteroatoms. The molecule has 1 amide bonds. The SMILES string of the molecule is COc1ccccc1CNC(=O)c1ccc(-n2nc(OCc3ccc(Cl)cc3)ccc2=O)cc1. The third-order valence-corrected chi connectivity index (χ3v) is 5.33. The lowest BCUT2D eigenvalue weighted by Gasteiger charge is -2.11. The van der Waals surface area contributed by atoms with Crippen molar-refractivity contribution in [3.8, 4) is 17.3 Å². The molecule has 1 aromatic heterocycles. The fourth-order valence-corrected chi connectivity index (χ4v) is 3.40. The first-order valence-electron chi connectivity index (χ1n) is 10.5. The van der Waals surface area contributed by atoms with Crippen LogP contribution >= 0.6 is 11.6 Å². The van der Waals surface area contributed by atoms with Gasteiger partial charge >= 0.3 is 0 Å². The molecule has 4 aromatic rings. The molecule has 0 spiro atoms. The van der Waals surface area contributed by atoms with Crippen LogP contribution in [0.15, 0.2) is 89.7 Å². The highest BCUT2D eigenvalue weighted by Gasteiger charge is 2.10. The van der Waals surface area contributed by atoms with Gasteiger partial charge in [-0.2, -0.15) is 4.68 Å². The summed E-state index contributed by atoms with van der Waals surface area (Å²) in [4.78, 5) is 24.9. The second kappa shape index (κ2) is 10.7. The molecule has 0 unspecified atom stereocenters. The number of benzene rings is 3. The second-order valence-corrected chi connectivity index (χ2v) is 7.81. The summed E-state index contributed by atoms with van der Waals surface area (Å²) >= 11 is 5.90. The zero-order valence-corrected chi connectivity index (χ0v) is 19.2. The van der Waals surface area contributed by atoms with E-state index in [2.05, 4.69) is 10.4 Å². The Balaban J connectivity index is 1.43. The van der Waals surface area contributed by atoms with E-state index in [1.807, 2.05) is 36.4 Å². The minimum atomic E-state index is -0.313. The minimum Gasteiger partial charge on any atom is -0.496 e. The Labute approximate surface area is 201 Å². The zero-order valence-electron chi connectivity index (χ0n) is 18.4. The van der Waals surface area contributed by atoms with Gasteiger partial charge in [0.05, 0.1) is 12.8 Å².